The van der Waals surface area contributed by atoms with Crippen molar-refractivity contribution in [1.29, 1.82) is 0 Å². The number of hydrogen-bond acceptors (Lipinski definition) is 3. The van der Waals surface area contributed by atoms with Gasteiger partial charge in [0.1, 0.15) is 11.5 Å². The fourth-order valence-corrected chi connectivity index (χ4v) is 2.28. The second kappa shape index (κ2) is 7.20. The van der Waals surface area contributed by atoms with Crippen LogP contribution in [0.5, 0.6) is 11.5 Å². The summed E-state index contributed by atoms with van der Waals surface area (Å²) in [5, 5.41) is 3.40. The Bertz CT molecular complexity index is 572. The number of rotatable bonds is 6. The summed E-state index contributed by atoms with van der Waals surface area (Å²) < 4.78 is 11.9. The van der Waals surface area contributed by atoms with Crippen LogP contribution in [0.2, 0.25) is 0 Å². The molecule has 0 aliphatic heterocycles. The zero-order chi connectivity index (χ0) is 14.4. The molecule has 3 nitrogen and oxygen atoms in total. The van der Waals surface area contributed by atoms with Crippen LogP contribution in [-0.4, -0.2) is 13.7 Å². The first-order valence-electron chi connectivity index (χ1n) is 6.52. The van der Waals surface area contributed by atoms with Crippen molar-refractivity contribution in [1.82, 2.24) is 0 Å². The minimum atomic E-state index is 0.654. The lowest BCUT2D eigenvalue weighted by molar-refractivity contribution is 0.341. The van der Waals surface area contributed by atoms with Gasteiger partial charge in [-0.25, -0.2) is 0 Å². The van der Waals surface area contributed by atoms with Gasteiger partial charge in [0, 0.05) is 11.0 Å². The van der Waals surface area contributed by atoms with Crippen molar-refractivity contribution in [3.05, 3.63) is 52.5 Å². The fourth-order valence-electron chi connectivity index (χ4n) is 1.90. The molecule has 0 radical (unpaired) electrons. The molecule has 0 amide bonds. The molecule has 20 heavy (non-hydrogen) atoms. The molecule has 2 rings (SSSR count). The molecule has 0 saturated carbocycles. The van der Waals surface area contributed by atoms with Crippen LogP contribution >= 0.6 is 15.9 Å². The minimum absolute atomic E-state index is 0.654. The smallest absolute Gasteiger partial charge is 0.142 e. The summed E-state index contributed by atoms with van der Waals surface area (Å²) >= 11 is 3.56. The number of para-hydroxylation sites is 2. The third-order valence-corrected chi connectivity index (χ3v) is 3.68. The Morgan fingerprint density at radius 2 is 1.95 bits per heavy atom. The van der Waals surface area contributed by atoms with Crippen LogP contribution in [-0.2, 0) is 6.54 Å². The van der Waals surface area contributed by atoms with Gasteiger partial charge in [-0.3, -0.25) is 0 Å². The maximum Gasteiger partial charge on any atom is 0.142 e. The molecule has 2 aromatic carbocycles. The molecule has 0 fully saturated rings. The Labute approximate surface area is 128 Å². The summed E-state index contributed by atoms with van der Waals surface area (Å²) in [5.74, 6) is 1.72. The highest BCUT2D eigenvalue weighted by Crippen LogP contribution is 2.27. The van der Waals surface area contributed by atoms with E-state index in [2.05, 4.69) is 21.2 Å². The number of anilines is 1. The van der Waals surface area contributed by atoms with Crippen molar-refractivity contribution in [2.75, 3.05) is 19.0 Å². The average Bonchev–Trinajstić information content (AvgIpc) is 2.48. The van der Waals surface area contributed by atoms with Crippen molar-refractivity contribution >= 4 is 21.6 Å². The Morgan fingerprint density at radius 3 is 2.70 bits per heavy atom. The molecular formula is C16H18BrNO2. The van der Waals surface area contributed by atoms with E-state index in [1.54, 1.807) is 7.11 Å². The Morgan fingerprint density at radius 1 is 1.15 bits per heavy atom. The maximum atomic E-state index is 5.60. The van der Waals surface area contributed by atoms with E-state index in [9.17, 15) is 0 Å². The van der Waals surface area contributed by atoms with Crippen LogP contribution in [0.1, 0.15) is 12.5 Å². The normalized spacial score (nSPS) is 10.2. The van der Waals surface area contributed by atoms with E-state index in [0.29, 0.717) is 13.2 Å². The van der Waals surface area contributed by atoms with E-state index in [-0.39, 0.29) is 0 Å². The van der Waals surface area contributed by atoms with Crippen molar-refractivity contribution in [3.63, 3.8) is 0 Å². The first-order chi connectivity index (χ1) is 9.74. The molecule has 0 aromatic heterocycles. The Hall–Kier alpha value is -1.68. The summed E-state index contributed by atoms with van der Waals surface area (Å²) in [4.78, 5) is 0. The number of nitrogens with one attached hydrogen (secondary N) is 1. The van der Waals surface area contributed by atoms with Gasteiger partial charge in [0.25, 0.3) is 0 Å². The third-order valence-electron chi connectivity index (χ3n) is 2.91. The summed E-state index contributed by atoms with van der Waals surface area (Å²) in [5.41, 5.74) is 2.12. The monoisotopic (exact) mass is 335 g/mol. The predicted octanol–water partition coefficient (Wildman–Crippen LogP) is 4.47. The van der Waals surface area contributed by atoms with Crippen LogP contribution in [0.15, 0.2) is 46.9 Å². The van der Waals surface area contributed by atoms with Crippen molar-refractivity contribution in [2.45, 2.75) is 13.5 Å². The second-order valence-corrected chi connectivity index (χ2v) is 5.09. The summed E-state index contributed by atoms with van der Waals surface area (Å²) in [6, 6.07) is 13.9. The fraction of sp³-hybridized carbons (Fsp3) is 0.250. The topological polar surface area (TPSA) is 30.5 Å². The minimum Gasteiger partial charge on any atom is -0.497 e. The number of hydrogen-bond donors (Lipinski definition) is 1. The van der Waals surface area contributed by atoms with Gasteiger partial charge in [0.05, 0.1) is 19.4 Å². The molecule has 4 heteroatoms. The van der Waals surface area contributed by atoms with E-state index < -0.39 is 0 Å². The number of methoxy groups -OCH3 is 1. The van der Waals surface area contributed by atoms with Gasteiger partial charge in [-0.15, -0.1) is 0 Å². The van der Waals surface area contributed by atoms with E-state index in [4.69, 9.17) is 9.47 Å². The van der Waals surface area contributed by atoms with Gasteiger partial charge >= 0.3 is 0 Å². The number of halogens is 1. The van der Waals surface area contributed by atoms with Crippen LogP contribution < -0.4 is 14.8 Å². The molecule has 0 bridgehead atoms. The molecule has 0 aliphatic carbocycles. The number of ether oxygens (including phenoxy) is 2. The van der Waals surface area contributed by atoms with Crippen molar-refractivity contribution < 1.29 is 9.47 Å². The third kappa shape index (κ3) is 3.67. The van der Waals surface area contributed by atoms with Gasteiger partial charge < -0.3 is 14.8 Å². The van der Waals surface area contributed by atoms with Gasteiger partial charge in [0.15, 0.2) is 0 Å². The highest BCUT2D eigenvalue weighted by atomic mass is 79.9. The zero-order valence-electron chi connectivity index (χ0n) is 11.7. The van der Waals surface area contributed by atoms with Crippen LogP contribution in [0.25, 0.3) is 0 Å². The molecule has 106 valence electrons. The maximum absolute atomic E-state index is 5.60. The van der Waals surface area contributed by atoms with Crippen molar-refractivity contribution in [3.8, 4) is 11.5 Å². The molecule has 0 atom stereocenters. The highest BCUT2D eigenvalue weighted by molar-refractivity contribution is 9.10. The van der Waals surface area contributed by atoms with E-state index >= 15 is 0 Å². The highest BCUT2D eigenvalue weighted by Gasteiger charge is 2.05. The van der Waals surface area contributed by atoms with Gasteiger partial charge in [-0.1, -0.05) is 28.1 Å². The molecule has 0 aliphatic rings. The largest absolute Gasteiger partial charge is 0.497 e. The molecule has 0 heterocycles. The molecule has 0 saturated heterocycles. The summed E-state index contributed by atoms with van der Waals surface area (Å²) in [6.07, 6.45) is 0. The second-order valence-electron chi connectivity index (χ2n) is 4.24. The quantitative estimate of drug-likeness (QED) is 0.844. The summed E-state index contributed by atoms with van der Waals surface area (Å²) in [6.45, 7) is 3.33. The zero-order valence-corrected chi connectivity index (χ0v) is 13.2. The molecular weight excluding hydrogens is 318 g/mol. The van der Waals surface area contributed by atoms with E-state index in [1.165, 1.54) is 0 Å². The van der Waals surface area contributed by atoms with Gasteiger partial charge in [0.2, 0.25) is 0 Å². The standard InChI is InChI=1S/C16H18BrNO2/c1-3-20-16-7-5-4-6-15(16)18-11-12-10-13(19-2)8-9-14(12)17/h4-10,18H,3,11H2,1-2H3. The van der Waals surface area contributed by atoms with Gasteiger partial charge in [-0.05, 0) is 42.8 Å². The lowest BCUT2D eigenvalue weighted by Crippen LogP contribution is -2.03. The Balaban J connectivity index is 2.12. The SMILES string of the molecule is CCOc1ccccc1NCc1cc(OC)ccc1Br. The molecule has 2 aromatic rings. The lowest BCUT2D eigenvalue weighted by atomic mass is 10.2. The average molecular weight is 336 g/mol. The van der Waals surface area contributed by atoms with Gasteiger partial charge in [-0.2, -0.15) is 0 Å². The Kier molecular flexibility index (Phi) is 5.30. The number of benzene rings is 2. The van der Waals surface area contributed by atoms with Crippen molar-refractivity contribution in [2.24, 2.45) is 0 Å². The first-order valence-corrected chi connectivity index (χ1v) is 7.32. The lowest BCUT2D eigenvalue weighted by Gasteiger charge is -2.13. The molecule has 0 spiro atoms. The van der Waals surface area contributed by atoms with Crippen LogP contribution in [0.4, 0.5) is 5.69 Å². The van der Waals surface area contributed by atoms with E-state index in [0.717, 1.165) is 27.2 Å². The molecule has 1 N–H and O–H groups in total. The van der Waals surface area contributed by atoms with Crippen LogP contribution in [0.3, 0.4) is 0 Å². The summed E-state index contributed by atoms with van der Waals surface area (Å²) in [7, 11) is 1.67. The molecule has 0 unspecified atom stereocenters. The van der Waals surface area contributed by atoms with Crippen LogP contribution in [0, 0.1) is 0 Å². The van der Waals surface area contributed by atoms with E-state index in [1.807, 2.05) is 49.4 Å². The first kappa shape index (κ1) is 14.7. The predicted molar refractivity (Wildman–Crippen MR) is 85.6 cm³/mol.